The molecule has 1 aromatic carbocycles. The second-order valence-corrected chi connectivity index (χ2v) is 11.4. The summed E-state index contributed by atoms with van der Waals surface area (Å²) >= 11 is 1.30. The molecular weight excluding hydrogens is 523 g/mol. The van der Waals surface area contributed by atoms with Crippen molar-refractivity contribution in [2.45, 2.75) is 59.0 Å². The van der Waals surface area contributed by atoms with Gasteiger partial charge >= 0.3 is 6.03 Å². The summed E-state index contributed by atoms with van der Waals surface area (Å²) < 4.78 is 14.9. The average Bonchev–Trinajstić information content (AvgIpc) is 3.48. The number of amides is 3. The number of hydrogen-bond donors (Lipinski definition) is 2. The van der Waals surface area contributed by atoms with Gasteiger partial charge in [0.15, 0.2) is 5.13 Å². The maximum absolute atomic E-state index is 14.0. The van der Waals surface area contributed by atoms with Crippen LogP contribution in [-0.2, 0) is 4.79 Å². The molecule has 1 aliphatic rings. The molecule has 0 aliphatic heterocycles. The molecule has 1 fully saturated rings. The number of nitrogens with zero attached hydrogens (tertiary/aromatic N) is 4. The van der Waals surface area contributed by atoms with Crippen molar-refractivity contribution in [2.24, 2.45) is 17.7 Å². The van der Waals surface area contributed by atoms with Crippen LogP contribution < -0.4 is 16.2 Å². The zero-order valence-electron chi connectivity index (χ0n) is 22.3. The number of hydrazine groups is 1. The van der Waals surface area contributed by atoms with Gasteiger partial charge in [0.25, 0.3) is 11.8 Å². The number of imide groups is 1. The molecule has 12 heteroatoms. The largest absolute Gasteiger partial charge is 0.345 e. The Morgan fingerprint density at radius 1 is 1.18 bits per heavy atom. The molecule has 0 bridgehead atoms. The number of halogens is 1. The lowest BCUT2D eigenvalue weighted by atomic mass is 10.0. The number of nitrogen functional groups attached to an aromatic ring is 1. The highest BCUT2D eigenvalue weighted by Gasteiger charge is 2.37. The molecule has 2 aromatic heterocycles. The SMILES string of the molecule is CC(C)C[C@@H]([C]=O)N(C(=O)c1csc(N(CC(C)C)C2CC2)n1)C(=O)c1cc2cc(F)ccc2n1C(=O)NN. The number of carbonyl (C=O) groups excluding carboxylic acids is 4. The molecule has 0 unspecified atom stereocenters. The lowest BCUT2D eigenvalue weighted by molar-refractivity contribution is 0.0563. The highest BCUT2D eigenvalue weighted by Crippen LogP contribution is 2.34. The van der Waals surface area contributed by atoms with Crippen molar-refractivity contribution in [1.82, 2.24) is 19.9 Å². The van der Waals surface area contributed by atoms with Crippen LogP contribution in [-0.4, -0.2) is 57.2 Å². The highest BCUT2D eigenvalue weighted by molar-refractivity contribution is 7.14. The van der Waals surface area contributed by atoms with Crippen molar-refractivity contribution in [3.05, 3.63) is 46.9 Å². The minimum Gasteiger partial charge on any atom is -0.345 e. The fraction of sp³-hybridized carbons (Fsp3) is 0.444. The minimum atomic E-state index is -1.24. The second kappa shape index (κ2) is 11.6. The molecule has 4 rings (SSSR count). The third-order valence-corrected chi connectivity index (χ3v) is 7.27. The van der Waals surface area contributed by atoms with E-state index in [1.54, 1.807) is 5.38 Å². The molecular formula is C27H32FN6O4S. The van der Waals surface area contributed by atoms with Crippen LogP contribution in [0.4, 0.5) is 14.3 Å². The van der Waals surface area contributed by atoms with Crippen LogP contribution >= 0.6 is 11.3 Å². The summed E-state index contributed by atoms with van der Waals surface area (Å²) in [6, 6.07) is 3.17. The molecule has 39 heavy (non-hydrogen) atoms. The molecule has 3 aromatic rings. The topological polar surface area (TPSA) is 131 Å². The van der Waals surface area contributed by atoms with Gasteiger partial charge in [0.05, 0.1) is 5.52 Å². The number of nitrogens with one attached hydrogen (secondary N) is 1. The summed E-state index contributed by atoms with van der Waals surface area (Å²) in [4.78, 5) is 60.2. The Morgan fingerprint density at radius 2 is 1.90 bits per heavy atom. The van der Waals surface area contributed by atoms with Gasteiger partial charge in [-0.3, -0.25) is 29.3 Å². The van der Waals surface area contributed by atoms with E-state index in [1.807, 2.05) is 25.6 Å². The fourth-order valence-electron chi connectivity index (χ4n) is 4.56. The molecule has 1 atom stereocenters. The van der Waals surface area contributed by atoms with E-state index in [2.05, 4.69) is 23.7 Å². The predicted octanol–water partition coefficient (Wildman–Crippen LogP) is 4.10. The maximum Gasteiger partial charge on any atom is 0.340 e. The van der Waals surface area contributed by atoms with Gasteiger partial charge in [0.1, 0.15) is 23.2 Å². The van der Waals surface area contributed by atoms with Gasteiger partial charge in [-0.25, -0.2) is 20.0 Å². The first-order valence-electron chi connectivity index (χ1n) is 12.8. The summed E-state index contributed by atoms with van der Waals surface area (Å²) in [6.45, 7) is 8.68. The summed E-state index contributed by atoms with van der Waals surface area (Å²) in [5.41, 5.74) is 1.93. The van der Waals surface area contributed by atoms with E-state index in [0.717, 1.165) is 41.0 Å². The predicted molar refractivity (Wildman–Crippen MR) is 147 cm³/mol. The molecule has 10 nitrogen and oxygen atoms in total. The van der Waals surface area contributed by atoms with Gasteiger partial charge in [-0.1, -0.05) is 27.7 Å². The van der Waals surface area contributed by atoms with Crippen LogP contribution in [0.25, 0.3) is 10.9 Å². The molecule has 1 saturated carbocycles. The van der Waals surface area contributed by atoms with Crippen LogP contribution in [0.5, 0.6) is 0 Å². The standard InChI is InChI=1S/C27H32FN6O4S/c1-15(2)9-20(13-35)33(24(36)21-14-39-27(30-21)32(12-16(3)4)19-6-7-19)25(37)23-11-17-10-18(28)5-8-22(17)34(23)26(38)31-29/h5,8,10-11,14-16,19-20H,6-7,9,12,29H2,1-4H3,(H,31,38)/t20-/m0/s1. The number of anilines is 1. The van der Waals surface area contributed by atoms with E-state index in [1.165, 1.54) is 23.5 Å². The summed E-state index contributed by atoms with van der Waals surface area (Å²) in [5, 5.41) is 2.49. The average molecular weight is 556 g/mol. The Balaban J connectivity index is 1.78. The van der Waals surface area contributed by atoms with E-state index in [9.17, 15) is 23.6 Å². The van der Waals surface area contributed by atoms with E-state index in [4.69, 9.17) is 5.84 Å². The molecule has 1 radical (unpaired) electrons. The third kappa shape index (κ3) is 6.01. The molecule has 2 heterocycles. The van der Waals surface area contributed by atoms with Gasteiger partial charge in [0.2, 0.25) is 6.29 Å². The molecule has 3 N–H and O–H groups in total. The monoisotopic (exact) mass is 555 g/mol. The van der Waals surface area contributed by atoms with Crippen LogP contribution in [0.3, 0.4) is 0 Å². The summed E-state index contributed by atoms with van der Waals surface area (Å²) in [7, 11) is 0. The fourth-order valence-corrected chi connectivity index (χ4v) is 5.44. The summed E-state index contributed by atoms with van der Waals surface area (Å²) in [6.07, 6.45) is 4.07. The minimum absolute atomic E-state index is 0.0127. The van der Waals surface area contributed by atoms with Crippen molar-refractivity contribution in [3.8, 4) is 0 Å². The number of nitrogens with two attached hydrogens (primary N) is 1. The van der Waals surface area contributed by atoms with Gasteiger partial charge in [-0.15, -0.1) is 11.3 Å². The number of rotatable bonds is 10. The van der Waals surface area contributed by atoms with Crippen LogP contribution in [0.1, 0.15) is 67.9 Å². The lowest BCUT2D eigenvalue weighted by Gasteiger charge is -2.27. The molecule has 0 spiro atoms. The molecule has 1 aliphatic carbocycles. The van der Waals surface area contributed by atoms with E-state index >= 15 is 0 Å². The van der Waals surface area contributed by atoms with E-state index in [-0.39, 0.29) is 34.6 Å². The van der Waals surface area contributed by atoms with Crippen LogP contribution in [0.15, 0.2) is 29.6 Å². The first kappa shape index (κ1) is 28.4. The first-order valence-corrected chi connectivity index (χ1v) is 13.7. The normalized spacial score (nSPS) is 14.1. The number of fused-ring (bicyclic) bond motifs is 1. The number of hydrogen-bond acceptors (Lipinski definition) is 8. The van der Waals surface area contributed by atoms with Crippen molar-refractivity contribution < 1.29 is 23.6 Å². The number of aromatic nitrogens is 2. The molecule has 207 valence electrons. The zero-order valence-corrected chi connectivity index (χ0v) is 23.1. The number of thiazole rings is 1. The third-order valence-electron chi connectivity index (χ3n) is 6.40. The van der Waals surface area contributed by atoms with Gasteiger partial charge in [-0.2, -0.15) is 0 Å². The van der Waals surface area contributed by atoms with Crippen LogP contribution in [0.2, 0.25) is 0 Å². The first-order chi connectivity index (χ1) is 18.5. The van der Waals surface area contributed by atoms with Gasteiger partial charge in [0, 0.05) is 23.4 Å². The van der Waals surface area contributed by atoms with Crippen LogP contribution in [0, 0.1) is 17.7 Å². The van der Waals surface area contributed by atoms with Crippen molar-refractivity contribution in [1.29, 1.82) is 0 Å². The Kier molecular flexibility index (Phi) is 8.45. The smallest absolute Gasteiger partial charge is 0.340 e. The Morgan fingerprint density at radius 3 is 2.49 bits per heavy atom. The van der Waals surface area contributed by atoms with Crippen molar-refractivity contribution >= 4 is 51.5 Å². The van der Waals surface area contributed by atoms with Gasteiger partial charge in [-0.05, 0) is 55.4 Å². The van der Waals surface area contributed by atoms with E-state index < -0.39 is 29.7 Å². The molecule has 0 saturated heterocycles. The Labute approximate surface area is 229 Å². The number of benzene rings is 1. The second-order valence-electron chi connectivity index (χ2n) is 10.6. The lowest BCUT2D eigenvalue weighted by Crippen LogP contribution is -2.48. The van der Waals surface area contributed by atoms with Crippen molar-refractivity contribution in [3.63, 3.8) is 0 Å². The van der Waals surface area contributed by atoms with E-state index in [0.29, 0.717) is 17.1 Å². The van der Waals surface area contributed by atoms with Crippen molar-refractivity contribution in [2.75, 3.05) is 11.4 Å². The Hall–Kier alpha value is -3.64. The maximum atomic E-state index is 14.0. The number of carbonyl (C=O) groups is 3. The summed E-state index contributed by atoms with van der Waals surface area (Å²) in [5.74, 6) is 3.40. The quantitative estimate of drug-likeness (QED) is 0.167. The van der Waals surface area contributed by atoms with Gasteiger partial charge < -0.3 is 4.90 Å². The Bertz CT molecular complexity index is 1400. The molecule has 3 amide bonds. The zero-order chi connectivity index (χ0) is 28.4. The highest BCUT2D eigenvalue weighted by atomic mass is 32.1.